The van der Waals surface area contributed by atoms with E-state index in [1.54, 1.807) is 0 Å². The molecule has 1 aromatic carbocycles. The Labute approximate surface area is 160 Å². The topological polar surface area (TPSA) is 24.5 Å². The average molecular weight is 402 g/mol. The number of benzene rings is 1. The van der Waals surface area contributed by atoms with Gasteiger partial charge >= 0.3 is 0 Å². The number of rotatable bonds is 3. The van der Waals surface area contributed by atoms with Crippen molar-refractivity contribution in [1.82, 2.24) is 10.2 Å². The monoisotopic (exact) mass is 400 g/mol. The molecule has 132 valence electrons. The molecule has 1 aromatic rings. The number of hydrogen-bond acceptors (Lipinski definition) is 3. The van der Waals surface area contributed by atoms with Gasteiger partial charge in [-0.05, 0) is 36.5 Å². The maximum Gasteiger partial charge on any atom is 0.0469 e. The standard InChI is InChI=1S/C16H22Cl2N2O.2ClH/c17-13-1-2-14(15(18)11-13)16(12-3-9-21-10-4-12)20-7-5-19-6-8-20;;/h1-2,11-12,16,19H,3-10H2;2*1H/t16-;;/m0../s1. The van der Waals surface area contributed by atoms with E-state index >= 15 is 0 Å². The van der Waals surface area contributed by atoms with Crippen molar-refractivity contribution in [2.45, 2.75) is 18.9 Å². The molecule has 0 saturated carbocycles. The van der Waals surface area contributed by atoms with Crippen LogP contribution in [0, 0.1) is 5.92 Å². The zero-order valence-electron chi connectivity index (χ0n) is 13.0. The van der Waals surface area contributed by atoms with E-state index in [4.69, 9.17) is 27.9 Å². The highest BCUT2D eigenvalue weighted by Crippen LogP contribution is 2.39. The molecule has 3 nitrogen and oxygen atoms in total. The van der Waals surface area contributed by atoms with E-state index in [2.05, 4.69) is 16.3 Å². The van der Waals surface area contributed by atoms with Crippen molar-refractivity contribution >= 4 is 48.0 Å². The van der Waals surface area contributed by atoms with Gasteiger partial charge in [0.25, 0.3) is 0 Å². The van der Waals surface area contributed by atoms with E-state index in [0.29, 0.717) is 17.0 Å². The predicted octanol–water partition coefficient (Wildman–Crippen LogP) is 4.21. The lowest BCUT2D eigenvalue weighted by molar-refractivity contribution is 0.0213. The van der Waals surface area contributed by atoms with Gasteiger partial charge in [-0.25, -0.2) is 0 Å². The van der Waals surface area contributed by atoms with Crippen LogP contribution in [0.4, 0.5) is 0 Å². The zero-order valence-corrected chi connectivity index (χ0v) is 16.1. The SMILES string of the molecule is Cl.Cl.Clc1ccc([C@H](C2CCOCC2)N2CCNCC2)c(Cl)c1. The molecule has 2 aliphatic heterocycles. The summed E-state index contributed by atoms with van der Waals surface area (Å²) in [6, 6.07) is 6.30. The van der Waals surface area contributed by atoms with Gasteiger partial charge in [0.1, 0.15) is 0 Å². The minimum atomic E-state index is 0. The van der Waals surface area contributed by atoms with Gasteiger partial charge < -0.3 is 10.1 Å². The number of nitrogens with zero attached hydrogens (tertiary/aromatic N) is 1. The lowest BCUT2D eigenvalue weighted by atomic mass is 9.85. The fourth-order valence-electron chi connectivity index (χ4n) is 3.48. The molecule has 0 spiro atoms. The molecule has 2 fully saturated rings. The van der Waals surface area contributed by atoms with Crippen molar-refractivity contribution in [1.29, 1.82) is 0 Å². The molecule has 7 heteroatoms. The molecule has 2 heterocycles. The quantitative estimate of drug-likeness (QED) is 0.820. The molecule has 1 N–H and O–H groups in total. The Morgan fingerprint density at radius 1 is 1.09 bits per heavy atom. The number of piperazine rings is 1. The van der Waals surface area contributed by atoms with Crippen LogP contribution in [0.1, 0.15) is 24.4 Å². The molecule has 0 bridgehead atoms. The fourth-order valence-corrected chi connectivity index (χ4v) is 4.00. The molecule has 1 atom stereocenters. The first kappa shape index (κ1) is 21.3. The molecular formula is C16H24Cl4N2O. The van der Waals surface area contributed by atoms with E-state index in [1.165, 1.54) is 5.56 Å². The molecule has 2 aliphatic rings. The van der Waals surface area contributed by atoms with Crippen LogP contribution in [0.15, 0.2) is 18.2 Å². The average Bonchev–Trinajstić information content (AvgIpc) is 2.52. The highest BCUT2D eigenvalue weighted by molar-refractivity contribution is 6.35. The number of halogens is 4. The second kappa shape index (κ2) is 10.3. The summed E-state index contributed by atoms with van der Waals surface area (Å²) >= 11 is 12.6. The third-order valence-electron chi connectivity index (χ3n) is 4.54. The predicted molar refractivity (Wildman–Crippen MR) is 102 cm³/mol. The lowest BCUT2D eigenvalue weighted by Gasteiger charge is -2.41. The van der Waals surface area contributed by atoms with E-state index in [9.17, 15) is 0 Å². The van der Waals surface area contributed by atoms with Crippen LogP contribution < -0.4 is 5.32 Å². The van der Waals surface area contributed by atoms with Crippen molar-refractivity contribution < 1.29 is 4.74 Å². The summed E-state index contributed by atoms with van der Waals surface area (Å²) in [5, 5.41) is 4.92. The van der Waals surface area contributed by atoms with E-state index in [1.807, 2.05) is 12.1 Å². The van der Waals surface area contributed by atoms with Crippen LogP contribution in [0.3, 0.4) is 0 Å². The highest BCUT2D eigenvalue weighted by Gasteiger charge is 2.32. The van der Waals surface area contributed by atoms with Gasteiger partial charge in [-0.1, -0.05) is 29.3 Å². The summed E-state index contributed by atoms with van der Waals surface area (Å²) < 4.78 is 5.54. The van der Waals surface area contributed by atoms with Gasteiger partial charge in [0.2, 0.25) is 0 Å². The smallest absolute Gasteiger partial charge is 0.0469 e. The molecule has 23 heavy (non-hydrogen) atoms. The molecule has 0 aromatic heterocycles. The Morgan fingerprint density at radius 3 is 2.35 bits per heavy atom. The molecule has 0 amide bonds. The summed E-state index contributed by atoms with van der Waals surface area (Å²) in [5.41, 5.74) is 1.22. The first-order chi connectivity index (χ1) is 10.3. The van der Waals surface area contributed by atoms with Crippen LogP contribution in [-0.4, -0.2) is 44.3 Å². The lowest BCUT2D eigenvalue weighted by Crippen LogP contribution is -2.47. The van der Waals surface area contributed by atoms with Gasteiger partial charge in [-0.3, -0.25) is 4.90 Å². The van der Waals surface area contributed by atoms with Gasteiger partial charge in [-0.2, -0.15) is 0 Å². The van der Waals surface area contributed by atoms with Crippen LogP contribution in [0.5, 0.6) is 0 Å². The molecule has 3 rings (SSSR count). The normalized spacial score (nSPS) is 21.1. The number of ether oxygens (including phenoxy) is 1. The molecule has 0 aliphatic carbocycles. The van der Waals surface area contributed by atoms with Crippen molar-refractivity contribution in [3.8, 4) is 0 Å². The van der Waals surface area contributed by atoms with Gasteiger partial charge in [-0.15, -0.1) is 24.8 Å². The van der Waals surface area contributed by atoms with Gasteiger partial charge in [0.05, 0.1) is 0 Å². The first-order valence-corrected chi connectivity index (χ1v) is 8.49. The van der Waals surface area contributed by atoms with E-state index in [-0.39, 0.29) is 24.8 Å². The van der Waals surface area contributed by atoms with Crippen molar-refractivity contribution in [2.75, 3.05) is 39.4 Å². The number of hydrogen-bond donors (Lipinski definition) is 1. The van der Waals surface area contributed by atoms with E-state index in [0.717, 1.165) is 57.3 Å². The molecule has 2 saturated heterocycles. The fraction of sp³-hybridized carbons (Fsp3) is 0.625. The van der Waals surface area contributed by atoms with Crippen LogP contribution in [0.25, 0.3) is 0 Å². The van der Waals surface area contributed by atoms with Gasteiger partial charge in [0, 0.05) is 55.5 Å². The maximum absolute atomic E-state index is 6.50. The second-order valence-corrected chi connectivity index (χ2v) is 6.69. The zero-order chi connectivity index (χ0) is 14.7. The summed E-state index contributed by atoms with van der Waals surface area (Å²) in [4.78, 5) is 2.57. The van der Waals surface area contributed by atoms with Crippen LogP contribution in [-0.2, 0) is 4.74 Å². The van der Waals surface area contributed by atoms with Gasteiger partial charge in [0.15, 0.2) is 0 Å². The largest absolute Gasteiger partial charge is 0.381 e. The number of nitrogens with one attached hydrogen (secondary N) is 1. The van der Waals surface area contributed by atoms with Crippen LogP contribution >= 0.6 is 48.0 Å². The first-order valence-electron chi connectivity index (χ1n) is 7.73. The minimum absolute atomic E-state index is 0. The second-order valence-electron chi connectivity index (χ2n) is 5.85. The summed E-state index contributed by atoms with van der Waals surface area (Å²) in [5.74, 6) is 0.607. The Morgan fingerprint density at radius 2 is 1.74 bits per heavy atom. The Bertz CT molecular complexity index is 459. The van der Waals surface area contributed by atoms with Crippen molar-refractivity contribution in [2.24, 2.45) is 5.92 Å². The maximum atomic E-state index is 6.50. The van der Waals surface area contributed by atoms with Crippen molar-refractivity contribution in [3.63, 3.8) is 0 Å². The summed E-state index contributed by atoms with van der Waals surface area (Å²) in [7, 11) is 0. The summed E-state index contributed by atoms with van der Waals surface area (Å²) in [6.07, 6.45) is 2.21. The third-order valence-corrected chi connectivity index (χ3v) is 5.10. The van der Waals surface area contributed by atoms with Crippen LogP contribution in [0.2, 0.25) is 10.0 Å². The highest BCUT2D eigenvalue weighted by atomic mass is 35.5. The molecule has 0 unspecified atom stereocenters. The van der Waals surface area contributed by atoms with Crippen molar-refractivity contribution in [3.05, 3.63) is 33.8 Å². The Balaban J connectivity index is 0.00000132. The third kappa shape index (κ3) is 5.37. The molecular weight excluding hydrogens is 378 g/mol. The minimum Gasteiger partial charge on any atom is -0.381 e. The van der Waals surface area contributed by atoms with E-state index < -0.39 is 0 Å². The Hall–Kier alpha value is 0.260. The Kier molecular flexibility index (Phi) is 9.54. The molecule has 0 radical (unpaired) electrons. The summed E-state index contributed by atoms with van der Waals surface area (Å²) in [6.45, 7) is 5.95.